The predicted molar refractivity (Wildman–Crippen MR) is 89.3 cm³/mol. The third kappa shape index (κ3) is 3.62. The summed E-state index contributed by atoms with van der Waals surface area (Å²) in [7, 11) is -5.35. The van der Waals surface area contributed by atoms with Gasteiger partial charge < -0.3 is 0 Å². The molecule has 0 saturated heterocycles. The third-order valence-corrected chi connectivity index (χ3v) is 5.92. The van der Waals surface area contributed by atoms with Gasteiger partial charge in [0, 0.05) is 16.7 Å². The zero-order chi connectivity index (χ0) is 17.2. The topological polar surface area (TPSA) is 80.6 Å². The Labute approximate surface area is 137 Å². The Bertz CT molecular complexity index is 903. The summed E-state index contributed by atoms with van der Waals surface area (Å²) >= 11 is 0. The van der Waals surface area contributed by atoms with Crippen LogP contribution in [0.4, 0.5) is 0 Å². The van der Waals surface area contributed by atoms with Crippen molar-refractivity contribution in [1.82, 2.24) is 0 Å². The van der Waals surface area contributed by atoms with E-state index in [4.69, 9.17) is 0 Å². The van der Waals surface area contributed by atoms with Crippen LogP contribution in [-0.2, 0) is 20.6 Å². The summed E-state index contributed by atoms with van der Waals surface area (Å²) in [6.45, 7) is 4.80. The van der Waals surface area contributed by atoms with E-state index in [1.165, 1.54) is 12.1 Å². The van der Waals surface area contributed by atoms with Crippen LogP contribution >= 0.6 is 0 Å². The first-order valence-electron chi connectivity index (χ1n) is 6.58. The molecule has 0 spiro atoms. The number of sulfone groups is 1. The maximum atomic E-state index is 12.7. The van der Waals surface area contributed by atoms with Crippen LogP contribution in [0.15, 0.2) is 62.1 Å². The second-order valence-electron chi connectivity index (χ2n) is 4.93. The molecule has 2 aromatic carbocycles. The van der Waals surface area contributed by atoms with Crippen molar-refractivity contribution in [2.45, 2.75) is 21.6 Å². The molecule has 0 heterocycles. The second-order valence-corrected chi connectivity index (χ2v) is 8.36. The molecule has 0 aliphatic heterocycles. The van der Waals surface area contributed by atoms with E-state index in [1.807, 2.05) is 0 Å². The number of benzene rings is 2. The van der Waals surface area contributed by atoms with Gasteiger partial charge in [-0.15, -0.1) is 0 Å². The molecule has 1 unspecified atom stereocenters. The Morgan fingerprint density at radius 2 is 1.78 bits per heavy atom. The Hall–Kier alpha value is -2.12. The van der Waals surface area contributed by atoms with Crippen molar-refractivity contribution in [3.63, 3.8) is 0 Å². The van der Waals surface area contributed by atoms with Crippen molar-refractivity contribution in [3.05, 3.63) is 53.6 Å². The maximum Gasteiger partial charge on any atom is 0.276 e. The summed E-state index contributed by atoms with van der Waals surface area (Å²) in [4.78, 5) is 15.6. The molecule has 120 valence electrons. The SMILES string of the molecule is C=NC(=O)c1cc(S(C)(=O)=O)c(S(=O)c2ccccc2)cc1C. The number of carbonyl (C=O) groups is 1. The van der Waals surface area contributed by atoms with Crippen LogP contribution in [-0.4, -0.2) is 31.5 Å². The van der Waals surface area contributed by atoms with E-state index in [1.54, 1.807) is 37.3 Å². The van der Waals surface area contributed by atoms with E-state index in [9.17, 15) is 17.4 Å². The average molecular weight is 349 g/mol. The van der Waals surface area contributed by atoms with Gasteiger partial charge >= 0.3 is 0 Å². The Balaban J connectivity index is 2.73. The van der Waals surface area contributed by atoms with Crippen LogP contribution in [0.3, 0.4) is 0 Å². The zero-order valence-corrected chi connectivity index (χ0v) is 14.3. The van der Waals surface area contributed by atoms with Crippen LogP contribution < -0.4 is 0 Å². The van der Waals surface area contributed by atoms with Crippen molar-refractivity contribution < 1.29 is 17.4 Å². The molecule has 0 aliphatic rings. The fourth-order valence-electron chi connectivity index (χ4n) is 2.08. The summed E-state index contributed by atoms with van der Waals surface area (Å²) in [6.07, 6.45) is 1.01. The van der Waals surface area contributed by atoms with Crippen molar-refractivity contribution in [2.75, 3.05) is 6.26 Å². The van der Waals surface area contributed by atoms with Crippen molar-refractivity contribution in [1.29, 1.82) is 0 Å². The summed E-state index contributed by atoms with van der Waals surface area (Å²) in [5, 5.41) is 0. The van der Waals surface area contributed by atoms with Gasteiger partial charge in [-0.3, -0.25) is 4.79 Å². The molecule has 7 heteroatoms. The van der Waals surface area contributed by atoms with Gasteiger partial charge in [-0.05, 0) is 43.5 Å². The highest BCUT2D eigenvalue weighted by Gasteiger charge is 2.23. The molecule has 1 amide bonds. The zero-order valence-electron chi connectivity index (χ0n) is 12.6. The van der Waals surface area contributed by atoms with E-state index in [2.05, 4.69) is 11.7 Å². The van der Waals surface area contributed by atoms with Crippen molar-refractivity contribution in [2.24, 2.45) is 4.99 Å². The summed E-state index contributed by atoms with van der Waals surface area (Å²) in [5.41, 5.74) is 0.628. The van der Waals surface area contributed by atoms with Crippen LogP contribution in [0.5, 0.6) is 0 Å². The monoisotopic (exact) mass is 349 g/mol. The highest BCUT2D eigenvalue weighted by molar-refractivity contribution is 7.92. The fraction of sp³-hybridized carbons (Fsp3) is 0.125. The van der Waals surface area contributed by atoms with E-state index < -0.39 is 26.5 Å². The van der Waals surface area contributed by atoms with E-state index in [0.29, 0.717) is 10.5 Å². The molecule has 1 atom stereocenters. The first kappa shape index (κ1) is 17.2. The Morgan fingerprint density at radius 3 is 2.30 bits per heavy atom. The molecule has 23 heavy (non-hydrogen) atoms. The number of hydrogen-bond donors (Lipinski definition) is 0. The quantitative estimate of drug-likeness (QED) is 0.794. The number of aliphatic imine (C=N–C) groups is 1. The fourth-order valence-corrected chi connectivity index (χ4v) is 4.70. The molecule has 5 nitrogen and oxygen atoms in total. The summed E-state index contributed by atoms with van der Waals surface area (Å²) in [6, 6.07) is 11.2. The van der Waals surface area contributed by atoms with Gasteiger partial charge in [0.25, 0.3) is 5.91 Å². The molecule has 0 aliphatic carbocycles. The average Bonchev–Trinajstić information content (AvgIpc) is 2.52. The molecule has 0 N–H and O–H groups in total. The van der Waals surface area contributed by atoms with E-state index in [-0.39, 0.29) is 15.4 Å². The molecule has 0 aromatic heterocycles. The molecular formula is C16H15NO4S2. The molecule has 2 rings (SSSR count). The van der Waals surface area contributed by atoms with E-state index >= 15 is 0 Å². The minimum absolute atomic E-state index is 0.134. The van der Waals surface area contributed by atoms with Gasteiger partial charge in [0.1, 0.15) is 0 Å². The lowest BCUT2D eigenvalue weighted by Gasteiger charge is -2.12. The normalized spacial score (nSPS) is 12.6. The highest BCUT2D eigenvalue weighted by Crippen LogP contribution is 2.27. The molecule has 0 fully saturated rings. The number of hydrogen-bond acceptors (Lipinski definition) is 4. The smallest absolute Gasteiger partial charge is 0.267 e. The largest absolute Gasteiger partial charge is 0.276 e. The van der Waals surface area contributed by atoms with Crippen LogP contribution in [0.2, 0.25) is 0 Å². The molecular weight excluding hydrogens is 334 g/mol. The van der Waals surface area contributed by atoms with E-state index in [0.717, 1.165) is 6.26 Å². The number of aryl methyl sites for hydroxylation is 1. The van der Waals surface area contributed by atoms with Gasteiger partial charge in [-0.25, -0.2) is 17.6 Å². The minimum Gasteiger partial charge on any atom is -0.267 e. The third-order valence-electron chi connectivity index (χ3n) is 3.22. The standard InChI is InChI=1S/C16H15NO4S2/c1-11-9-14(22(19)12-7-5-4-6-8-12)15(23(3,20)21)10-13(11)16(18)17-2/h4-10H,2H2,1,3H3. The first-order chi connectivity index (χ1) is 10.8. The van der Waals surface area contributed by atoms with Crippen LogP contribution in [0.25, 0.3) is 0 Å². The molecule has 0 radical (unpaired) electrons. The number of carbonyl (C=O) groups excluding carboxylic acids is 1. The van der Waals surface area contributed by atoms with Crippen molar-refractivity contribution in [3.8, 4) is 0 Å². The number of amides is 1. The van der Waals surface area contributed by atoms with Crippen LogP contribution in [0, 0.1) is 6.92 Å². The van der Waals surface area contributed by atoms with Crippen molar-refractivity contribution >= 4 is 33.3 Å². The van der Waals surface area contributed by atoms with Gasteiger partial charge in [0.05, 0.1) is 20.6 Å². The predicted octanol–water partition coefficient (Wildman–Crippen LogP) is 2.41. The van der Waals surface area contributed by atoms with Gasteiger partial charge in [-0.1, -0.05) is 18.2 Å². The lowest BCUT2D eigenvalue weighted by Crippen LogP contribution is -2.09. The van der Waals surface area contributed by atoms with Gasteiger partial charge in [0.2, 0.25) is 0 Å². The molecule has 0 bridgehead atoms. The number of rotatable bonds is 4. The Kier molecular flexibility index (Phi) is 4.91. The maximum absolute atomic E-state index is 12.7. The minimum atomic E-state index is -3.67. The Morgan fingerprint density at radius 1 is 1.17 bits per heavy atom. The molecule has 0 saturated carbocycles. The lowest BCUT2D eigenvalue weighted by atomic mass is 10.1. The highest BCUT2D eigenvalue weighted by atomic mass is 32.2. The van der Waals surface area contributed by atoms with Crippen LogP contribution in [0.1, 0.15) is 15.9 Å². The lowest BCUT2D eigenvalue weighted by molar-refractivity contribution is 0.100. The summed E-state index contributed by atoms with van der Waals surface area (Å²) in [5.74, 6) is -0.621. The second kappa shape index (κ2) is 6.55. The summed E-state index contributed by atoms with van der Waals surface area (Å²) < 4.78 is 36.9. The van der Waals surface area contributed by atoms with Gasteiger partial charge in [-0.2, -0.15) is 0 Å². The molecule has 2 aromatic rings. The number of nitrogens with zero attached hydrogens (tertiary/aromatic N) is 1. The van der Waals surface area contributed by atoms with Gasteiger partial charge in [0.15, 0.2) is 9.84 Å². The first-order valence-corrected chi connectivity index (χ1v) is 9.62.